The zero-order chi connectivity index (χ0) is 13.8. The van der Waals surface area contributed by atoms with Crippen LogP contribution in [-0.2, 0) is 10.7 Å². The summed E-state index contributed by atoms with van der Waals surface area (Å²) in [6.07, 6.45) is -0.269. The fraction of sp³-hybridized carbons (Fsp3) is 0.500. The van der Waals surface area contributed by atoms with Gasteiger partial charge in [0.25, 0.3) is 5.92 Å². The van der Waals surface area contributed by atoms with Gasteiger partial charge in [-0.25, -0.2) is 8.78 Å². The smallest absolute Gasteiger partial charge is 0.309 e. The molecule has 0 aliphatic heterocycles. The molecule has 0 saturated carbocycles. The van der Waals surface area contributed by atoms with E-state index in [1.807, 2.05) is 0 Å². The first-order valence-electron chi connectivity index (χ1n) is 6.04. The van der Waals surface area contributed by atoms with E-state index >= 15 is 0 Å². The summed E-state index contributed by atoms with van der Waals surface area (Å²) in [5.74, 6) is -4.27. The largest absolute Gasteiger partial charge is 0.481 e. The van der Waals surface area contributed by atoms with E-state index in [0.717, 1.165) is 0 Å². The van der Waals surface area contributed by atoms with Gasteiger partial charge in [0.1, 0.15) is 0 Å². The average molecular weight is 256 g/mol. The molecular weight excluding hydrogens is 238 g/mol. The van der Waals surface area contributed by atoms with E-state index < -0.39 is 23.7 Å². The molecule has 1 aromatic rings. The van der Waals surface area contributed by atoms with Crippen LogP contribution in [0.4, 0.5) is 8.78 Å². The summed E-state index contributed by atoms with van der Waals surface area (Å²) in [6, 6.07) is 7.38. The molecule has 0 radical (unpaired) electrons. The van der Waals surface area contributed by atoms with E-state index in [1.165, 1.54) is 24.3 Å². The van der Waals surface area contributed by atoms with Crippen molar-refractivity contribution in [3.05, 3.63) is 35.9 Å². The van der Waals surface area contributed by atoms with Crippen molar-refractivity contribution in [2.45, 2.75) is 39.0 Å². The maximum absolute atomic E-state index is 14.1. The van der Waals surface area contributed by atoms with Gasteiger partial charge in [0.05, 0.1) is 5.41 Å². The molecule has 0 heterocycles. The Bertz CT molecular complexity index is 398. The van der Waals surface area contributed by atoms with Crippen molar-refractivity contribution in [1.29, 1.82) is 0 Å². The highest BCUT2D eigenvalue weighted by atomic mass is 19.3. The summed E-state index contributed by atoms with van der Waals surface area (Å²) in [5, 5.41) is 9.20. The number of carbonyl (C=O) groups is 1. The Balaban J connectivity index is 3.04. The van der Waals surface area contributed by atoms with Gasteiger partial charge in [0.2, 0.25) is 0 Å². The van der Waals surface area contributed by atoms with E-state index in [1.54, 1.807) is 19.9 Å². The van der Waals surface area contributed by atoms with E-state index in [-0.39, 0.29) is 18.4 Å². The van der Waals surface area contributed by atoms with Gasteiger partial charge in [-0.3, -0.25) is 4.79 Å². The predicted octanol–water partition coefficient (Wildman–Crippen LogP) is 4.06. The molecule has 4 heteroatoms. The van der Waals surface area contributed by atoms with Gasteiger partial charge in [-0.05, 0) is 12.8 Å². The first kappa shape index (κ1) is 14.6. The van der Waals surface area contributed by atoms with Crippen LogP contribution in [0.15, 0.2) is 30.3 Å². The summed E-state index contributed by atoms with van der Waals surface area (Å²) < 4.78 is 28.2. The molecule has 0 fully saturated rings. The topological polar surface area (TPSA) is 37.3 Å². The van der Waals surface area contributed by atoms with Gasteiger partial charge in [-0.15, -0.1) is 0 Å². The van der Waals surface area contributed by atoms with Crippen LogP contribution < -0.4 is 0 Å². The molecule has 2 nitrogen and oxygen atoms in total. The normalized spacial score (nSPS) is 12.4. The van der Waals surface area contributed by atoms with Crippen molar-refractivity contribution >= 4 is 5.97 Å². The minimum atomic E-state index is -3.12. The van der Waals surface area contributed by atoms with Gasteiger partial charge >= 0.3 is 5.97 Å². The second kappa shape index (κ2) is 5.46. The Morgan fingerprint density at radius 2 is 1.67 bits per heavy atom. The van der Waals surface area contributed by atoms with E-state index in [0.29, 0.717) is 0 Å². The molecule has 0 bridgehead atoms. The molecule has 0 saturated heterocycles. The summed E-state index contributed by atoms with van der Waals surface area (Å²) >= 11 is 0. The predicted molar refractivity (Wildman–Crippen MR) is 65.6 cm³/mol. The van der Waals surface area contributed by atoms with Crippen molar-refractivity contribution < 1.29 is 18.7 Å². The molecule has 0 atom stereocenters. The minimum Gasteiger partial charge on any atom is -0.481 e. The average Bonchev–Trinajstić information content (AvgIpc) is 2.37. The lowest BCUT2D eigenvalue weighted by atomic mass is 9.76. The first-order valence-corrected chi connectivity index (χ1v) is 6.04. The number of carboxylic acid groups (broad SMARTS) is 1. The first-order chi connectivity index (χ1) is 8.38. The van der Waals surface area contributed by atoms with E-state index in [9.17, 15) is 18.7 Å². The molecule has 1 N–H and O–H groups in total. The number of carboxylic acids is 1. The fourth-order valence-electron chi connectivity index (χ4n) is 2.09. The third-order valence-electron chi connectivity index (χ3n) is 3.56. The van der Waals surface area contributed by atoms with Crippen molar-refractivity contribution in [1.82, 2.24) is 0 Å². The molecule has 1 rings (SSSR count). The monoisotopic (exact) mass is 256 g/mol. The lowest BCUT2D eigenvalue weighted by Crippen LogP contribution is -2.35. The maximum Gasteiger partial charge on any atom is 0.309 e. The Morgan fingerprint density at radius 1 is 1.17 bits per heavy atom. The van der Waals surface area contributed by atoms with Crippen LogP contribution in [0, 0.1) is 5.41 Å². The molecule has 0 unspecified atom stereocenters. The zero-order valence-electron chi connectivity index (χ0n) is 10.6. The number of hydrogen-bond acceptors (Lipinski definition) is 1. The van der Waals surface area contributed by atoms with Crippen LogP contribution >= 0.6 is 0 Å². The quantitative estimate of drug-likeness (QED) is 0.833. The molecule has 0 aliphatic rings. The third kappa shape index (κ3) is 2.86. The molecule has 0 amide bonds. The molecular formula is C14H18F2O2. The van der Waals surface area contributed by atoms with Crippen LogP contribution in [0.2, 0.25) is 0 Å². The van der Waals surface area contributed by atoms with Gasteiger partial charge in [0.15, 0.2) is 0 Å². The van der Waals surface area contributed by atoms with Crippen LogP contribution in [0.1, 0.15) is 38.7 Å². The molecule has 0 spiro atoms. The molecule has 100 valence electrons. The van der Waals surface area contributed by atoms with Gasteiger partial charge in [-0.1, -0.05) is 44.2 Å². The van der Waals surface area contributed by atoms with Crippen LogP contribution in [-0.4, -0.2) is 11.1 Å². The van der Waals surface area contributed by atoms with Crippen molar-refractivity contribution in [2.75, 3.05) is 0 Å². The lowest BCUT2D eigenvalue weighted by Gasteiger charge is -2.31. The standard InChI is InChI=1S/C14H18F2O2/c1-3-13(4-2,12(17)18)10-14(15,16)11-8-6-5-7-9-11/h5-9H,3-4,10H2,1-2H3,(H,17,18). The molecule has 1 aromatic carbocycles. The second-order valence-electron chi connectivity index (χ2n) is 4.54. The number of aliphatic carboxylic acids is 1. The van der Waals surface area contributed by atoms with Gasteiger partial charge in [0, 0.05) is 12.0 Å². The minimum absolute atomic E-state index is 0.127. The number of halogens is 2. The summed E-state index contributed by atoms with van der Waals surface area (Å²) in [4.78, 5) is 11.3. The Morgan fingerprint density at radius 3 is 2.06 bits per heavy atom. The summed E-state index contributed by atoms with van der Waals surface area (Å²) in [5.41, 5.74) is -1.49. The number of alkyl halides is 2. The number of hydrogen-bond donors (Lipinski definition) is 1. The summed E-state index contributed by atoms with van der Waals surface area (Å²) in [6.45, 7) is 3.28. The van der Waals surface area contributed by atoms with Crippen LogP contribution in [0.25, 0.3) is 0 Å². The van der Waals surface area contributed by atoms with Crippen LogP contribution in [0.5, 0.6) is 0 Å². The van der Waals surface area contributed by atoms with E-state index in [4.69, 9.17) is 0 Å². The van der Waals surface area contributed by atoms with Gasteiger partial charge < -0.3 is 5.11 Å². The number of benzene rings is 1. The molecule has 0 aliphatic carbocycles. The molecule has 0 aromatic heterocycles. The van der Waals surface area contributed by atoms with E-state index in [2.05, 4.69) is 0 Å². The van der Waals surface area contributed by atoms with Crippen molar-refractivity contribution in [3.63, 3.8) is 0 Å². The Kier molecular flexibility index (Phi) is 4.43. The highest BCUT2D eigenvalue weighted by Gasteiger charge is 2.45. The Labute approximate surface area is 106 Å². The SMILES string of the molecule is CCC(CC)(CC(F)(F)c1ccccc1)C(=O)O. The highest BCUT2D eigenvalue weighted by molar-refractivity contribution is 5.74. The fourth-order valence-corrected chi connectivity index (χ4v) is 2.09. The lowest BCUT2D eigenvalue weighted by molar-refractivity contribution is -0.157. The third-order valence-corrected chi connectivity index (χ3v) is 3.56. The maximum atomic E-state index is 14.1. The van der Waals surface area contributed by atoms with Crippen LogP contribution in [0.3, 0.4) is 0 Å². The number of rotatable bonds is 6. The highest BCUT2D eigenvalue weighted by Crippen LogP contribution is 2.43. The molecule has 18 heavy (non-hydrogen) atoms. The second-order valence-corrected chi connectivity index (χ2v) is 4.54. The van der Waals surface area contributed by atoms with Crippen molar-refractivity contribution in [3.8, 4) is 0 Å². The zero-order valence-corrected chi connectivity index (χ0v) is 10.6. The Hall–Kier alpha value is -1.45. The summed E-state index contributed by atoms with van der Waals surface area (Å²) in [7, 11) is 0. The van der Waals surface area contributed by atoms with Gasteiger partial charge in [-0.2, -0.15) is 0 Å². The van der Waals surface area contributed by atoms with Crippen molar-refractivity contribution in [2.24, 2.45) is 5.41 Å².